The molecular formula is C33H28O10. The highest BCUT2D eigenvalue weighted by Crippen LogP contribution is 2.54. The Kier molecular flexibility index (Phi) is 6.35. The van der Waals surface area contributed by atoms with Gasteiger partial charge in [0.15, 0.2) is 11.5 Å². The van der Waals surface area contributed by atoms with E-state index in [2.05, 4.69) is 0 Å². The SMILES string of the molecule is COc1cc(OC)c2c(O)c3c(cc2c1)C[C@@](C)(O)CC(=O)Oc1c2c(cc(OC)c1-3)C(=O)c1cc(C)cc(O)c1C2=O. The first-order valence-corrected chi connectivity index (χ1v) is 13.4. The third kappa shape index (κ3) is 4.25. The lowest BCUT2D eigenvalue weighted by molar-refractivity contribution is -0.139. The lowest BCUT2D eigenvalue weighted by Gasteiger charge is -2.26. The number of methoxy groups -OCH3 is 3. The molecule has 4 aromatic carbocycles. The fourth-order valence-corrected chi connectivity index (χ4v) is 6.14. The van der Waals surface area contributed by atoms with Crippen LogP contribution < -0.4 is 18.9 Å². The minimum Gasteiger partial charge on any atom is -0.507 e. The van der Waals surface area contributed by atoms with E-state index in [1.165, 1.54) is 46.5 Å². The third-order valence-corrected chi connectivity index (χ3v) is 7.92. The molecule has 0 fully saturated rings. The molecule has 0 bridgehead atoms. The van der Waals surface area contributed by atoms with Gasteiger partial charge in [-0.2, -0.15) is 0 Å². The number of carbonyl (C=O) groups is 3. The molecule has 0 amide bonds. The maximum absolute atomic E-state index is 14.1. The Morgan fingerprint density at radius 3 is 2.14 bits per heavy atom. The van der Waals surface area contributed by atoms with Gasteiger partial charge in [-0.25, -0.2) is 0 Å². The van der Waals surface area contributed by atoms with Crippen LogP contribution in [0.3, 0.4) is 0 Å². The molecule has 1 aliphatic heterocycles. The van der Waals surface area contributed by atoms with Crippen molar-refractivity contribution >= 4 is 28.3 Å². The van der Waals surface area contributed by atoms with Crippen molar-refractivity contribution in [2.75, 3.05) is 21.3 Å². The van der Waals surface area contributed by atoms with Crippen LogP contribution in [0.25, 0.3) is 21.9 Å². The van der Waals surface area contributed by atoms with E-state index in [4.69, 9.17) is 18.9 Å². The highest BCUT2D eigenvalue weighted by molar-refractivity contribution is 6.31. The van der Waals surface area contributed by atoms with Crippen LogP contribution in [0.5, 0.6) is 34.5 Å². The average Bonchev–Trinajstić information content (AvgIpc) is 2.98. The van der Waals surface area contributed by atoms with E-state index in [1.807, 2.05) is 0 Å². The number of fused-ring (bicyclic) bond motifs is 7. The Hall–Kier alpha value is -5.09. The van der Waals surface area contributed by atoms with Crippen LogP contribution in [-0.2, 0) is 11.2 Å². The molecule has 0 saturated heterocycles. The molecule has 3 N–H and O–H groups in total. The Morgan fingerprint density at radius 2 is 1.47 bits per heavy atom. The number of ether oxygens (including phenoxy) is 4. The summed E-state index contributed by atoms with van der Waals surface area (Å²) in [5, 5.41) is 34.8. The lowest BCUT2D eigenvalue weighted by atomic mass is 9.79. The van der Waals surface area contributed by atoms with Gasteiger partial charge in [0.2, 0.25) is 5.78 Å². The van der Waals surface area contributed by atoms with E-state index in [-0.39, 0.29) is 62.8 Å². The monoisotopic (exact) mass is 584 g/mol. The van der Waals surface area contributed by atoms with Crippen LogP contribution in [0, 0.1) is 6.92 Å². The van der Waals surface area contributed by atoms with Crippen molar-refractivity contribution in [1.29, 1.82) is 0 Å². The molecule has 6 rings (SSSR count). The zero-order chi connectivity index (χ0) is 31.0. The molecule has 0 spiro atoms. The predicted molar refractivity (Wildman–Crippen MR) is 155 cm³/mol. The van der Waals surface area contributed by atoms with Gasteiger partial charge in [0.1, 0.15) is 28.7 Å². The molecule has 1 aliphatic carbocycles. The van der Waals surface area contributed by atoms with Crippen LogP contribution in [-0.4, -0.2) is 59.8 Å². The number of carbonyl (C=O) groups excluding carboxylic acids is 3. The van der Waals surface area contributed by atoms with Crippen LogP contribution in [0.15, 0.2) is 36.4 Å². The van der Waals surface area contributed by atoms with Gasteiger partial charge in [0.05, 0.1) is 55.4 Å². The topological polar surface area (TPSA) is 149 Å². The molecule has 2 aliphatic rings. The van der Waals surface area contributed by atoms with Crippen LogP contribution in [0.2, 0.25) is 0 Å². The normalized spacial score (nSPS) is 17.5. The second-order valence-electron chi connectivity index (χ2n) is 11.1. The number of phenols is 2. The Bertz CT molecular complexity index is 1920. The number of rotatable bonds is 3. The molecule has 43 heavy (non-hydrogen) atoms. The highest BCUT2D eigenvalue weighted by atomic mass is 16.5. The number of aryl methyl sites for hydroxylation is 1. The van der Waals surface area contributed by atoms with Gasteiger partial charge in [-0.1, -0.05) is 0 Å². The van der Waals surface area contributed by atoms with Crippen LogP contribution in [0.1, 0.15) is 56.3 Å². The number of aliphatic hydroxyl groups is 1. The predicted octanol–water partition coefficient (Wildman–Crippen LogP) is 4.63. The fourth-order valence-electron chi connectivity index (χ4n) is 6.14. The molecule has 1 atom stereocenters. The first kappa shape index (κ1) is 28.0. The molecular weight excluding hydrogens is 556 g/mol. The first-order chi connectivity index (χ1) is 20.4. The van der Waals surface area contributed by atoms with Gasteiger partial charge < -0.3 is 34.3 Å². The Morgan fingerprint density at radius 1 is 0.767 bits per heavy atom. The molecule has 220 valence electrons. The summed E-state index contributed by atoms with van der Waals surface area (Å²) < 4.78 is 22.5. The molecule has 4 aromatic rings. The third-order valence-electron chi connectivity index (χ3n) is 7.92. The second-order valence-corrected chi connectivity index (χ2v) is 11.1. The number of benzene rings is 4. The fraction of sp³-hybridized carbons (Fsp3) is 0.242. The highest BCUT2D eigenvalue weighted by Gasteiger charge is 2.41. The van der Waals surface area contributed by atoms with E-state index in [0.29, 0.717) is 27.6 Å². The first-order valence-electron chi connectivity index (χ1n) is 13.4. The zero-order valence-corrected chi connectivity index (χ0v) is 24.1. The van der Waals surface area contributed by atoms with E-state index >= 15 is 0 Å². The van der Waals surface area contributed by atoms with Crippen molar-refractivity contribution in [1.82, 2.24) is 0 Å². The standard InChI is InChI=1S/C33H28O10/c1-14-6-18-26(20(34)7-14)31(38)27-19(29(18)36)11-22(42-5)28-25-16(12-33(2,39)13-23(35)43-32(27)28)8-15-9-17(40-3)10-21(41-4)24(15)30(25)37/h6-11,34,37,39H,12-13H2,1-5H3/t33-/m1/s1. The van der Waals surface area contributed by atoms with E-state index in [1.54, 1.807) is 25.1 Å². The van der Waals surface area contributed by atoms with Crippen LogP contribution >= 0.6 is 0 Å². The van der Waals surface area contributed by atoms with Crippen molar-refractivity contribution < 1.29 is 48.7 Å². The van der Waals surface area contributed by atoms with Gasteiger partial charge in [-0.05, 0) is 60.7 Å². The van der Waals surface area contributed by atoms with Crippen molar-refractivity contribution in [3.8, 4) is 45.6 Å². The maximum Gasteiger partial charge on any atom is 0.314 e. The second kappa shape index (κ2) is 9.74. The van der Waals surface area contributed by atoms with E-state index in [9.17, 15) is 29.7 Å². The summed E-state index contributed by atoms with van der Waals surface area (Å²) in [6.07, 6.45) is -0.572. The lowest BCUT2D eigenvalue weighted by Crippen LogP contribution is -2.32. The maximum atomic E-state index is 14.1. The molecule has 10 heteroatoms. The van der Waals surface area contributed by atoms with Gasteiger partial charge in [-0.15, -0.1) is 0 Å². The zero-order valence-electron chi connectivity index (χ0n) is 24.1. The summed E-state index contributed by atoms with van der Waals surface area (Å²) in [5.41, 5.74) is -1.12. The van der Waals surface area contributed by atoms with Gasteiger partial charge >= 0.3 is 5.97 Å². The van der Waals surface area contributed by atoms with Crippen molar-refractivity contribution in [3.05, 3.63) is 69.8 Å². The largest absolute Gasteiger partial charge is 0.507 e. The molecule has 0 radical (unpaired) electrons. The number of phenolic OH excluding ortho intramolecular Hbond substituents is 2. The summed E-state index contributed by atoms with van der Waals surface area (Å²) in [7, 11) is 4.27. The number of esters is 1. The minimum absolute atomic E-state index is 0.00209. The average molecular weight is 585 g/mol. The summed E-state index contributed by atoms with van der Waals surface area (Å²) in [6.45, 7) is 3.14. The summed E-state index contributed by atoms with van der Waals surface area (Å²) in [6, 6.07) is 9.23. The van der Waals surface area contributed by atoms with Crippen molar-refractivity contribution in [3.63, 3.8) is 0 Å². The summed E-state index contributed by atoms with van der Waals surface area (Å²) in [4.78, 5) is 41.1. The van der Waals surface area contributed by atoms with Gasteiger partial charge in [0, 0.05) is 29.2 Å². The Labute approximate surface area is 246 Å². The summed E-state index contributed by atoms with van der Waals surface area (Å²) in [5.74, 6) is -2.45. The molecule has 10 nitrogen and oxygen atoms in total. The number of hydrogen-bond acceptors (Lipinski definition) is 10. The number of ketones is 2. The quantitative estimate of drug-likeness (QED) is 0.202. The van der Waals surface area contributed by atoms with Crippen molar-refractivity contribution in [2.24, 2.45) is 0 Å². The molecule has 0 aromatic heterocycles. The molecule has 0 unspecified atom stereocenters. The minimum atomic E-state index is -1.63. The number of aromatic hydroxyl groups is 2. The van der Waals surface area contributed by atoms with Crippen molar-refractivity contribution in [2.45, 2.75) is 32.3 Å². The number of hydrogen-bond donors (Lipinski definition) is 3. The van der Waals surface area contributed by atoms with E-state index in [0.717, 1.165) is 0 Å². The van der Waals surface area contributed by atoms with Crippen LogP contribution in [0.4, 0.5) is 0 Å². The van der Waals surface area contributed by atoms with E-state index < -0.39 is 35.3 Å². The summed E-state index contributed by atoms with van der Waals surface area (Å²) >= 11 is 0. The smallest absolute Gasteiger partial charge is 0.314 e. The Balaban J connectivity index is 1.78. The molecule has 1 heterocycles. The van der Waals surface area contributed by atoms with Gasteiger partial charge in [0.25, 0.3) is 0 Å². The van der Waals surface area contributed by atoms with Gasteiger partial charge in [-0.3, -0.25) is 14.4 Å². The molecule has 0 saturated carbocycles.